The van der Waals surface area contributed by atoms with E-state index in [-0.39, 0.29) is 18.0 Å². The molecule has 1 aromatic heterocycles. The van der Waals surface area contributed by atoms with E-state index in [1.54, 1.807) is 4.90 Å². The van der Waals surface area contributed by atoms with Gasteiger partial charge in [0, 0.05) is 30.8 Å². The van der Waals surface area contributed by atoms with Crippen molar-refractivity contribution in [3.8, 4) is 11.4 Å². The van der Waals surface area contributed by atoms with Crippen LogP contribution in [0.1, 0.15) is 46.2 Å². The van der Waals surface area contributed by atoms with E-state index in [4.69, 9.17) is 0 Å². The van der Waals surface area contributed by atoms with Crippen LogP contribution in [0.2, 0.25) is 0 Å². The van der Waals surface area contributed by atoms with E-state index >= 15 is 0 Å². The number of H-pyrrole nitrogens is 1. The van der Waals surface area contributed by atoms with E-state index < -0.39 is 0 Å². The number of aromatic amines is 1. The molecule has 0 aliphatic carbocycles. The summed E-state index contributed by atoms with van der Waals surface area (Å²) in [6, 6.07) is 15.3. The Hall–Kier alpha value is -3.68. The molecule has 31 heavy (non-hydrogen) atoms. The Labute approximate surface area is 180 Å². The minimum absolute atomic E-state index is 0.0476. The van der Waals surface area contributed by atoms with Gasteiger partial charge in [0.2, 0.25) is 0 Å². The largest absolute Gasteiger partial charge is 0.352 e. The van der Waals surface area contributed by atoms with Gasteiger partial charge in [0.05, 0.1) is 6.04 Å². The molecule has 0 radical (unpaired) electrons. The Morgan fingerprint density at radius 2 is 2.06 bits per heavy atom. The summed E-state index contributed by atoms with van der Waals surface area (Å²) in [6.45, 7) is 1.71. The molecular formula is C23H24N6O2. The van der Waals surface area contributed by atoms with Crippen molar-refractivity contribution in [1.29, 1.82) is 0 Å². The number of nitrogens with one attached hydrogen (secondary N) is 3. The molecule has 2 aromatic carbocycles. The molecule has 8 heteroatoms. The van der Waals surface area contributed by atoms with Crippen molar-refractivity contribution < 1.29 is 9.59 Å². The first-order valence-electron chi connectivity index (χ1n) is 10.6. The minimum atomic E-state index is -0.137. The van der Waals surface area contributed by atoms with Crippen molar-refractivity contribution in [3.63, 3.8) is 0 Å². The lowest BCUT2D eigenvalue weighted by molar-refractivity contribution is 0.0946. The first-order valence-corrected chi connectivity index (χ1v) is 10.6. The van der Waals surface area contributed by atoms with Gasteiger partial charge in [-0.3, -0.25) is 9.89 Å². The van der Waals surface area contributed by atoms with E-state index in [0.29, 0.717) is 36.8 Å². The van der Waals surface area contributed by atoms with Crippen LogP contribution in [0.25, 0.3) is 11.4 Å². The molecule has 158 valence electrons. The quantitative estimate of drug-likeness (QED) is 0.608. The molecule has 3 heterocycles. The average Bonchev–Trinajstić information content (AvgIpc) is 3.48. The summed E-state index contributed by atoms with van der Waals surface area (Å²) in [7, 11) is 0. The molecule has 3 amide bonds. The molecule has 8 nitrogen and oxygen atoms in total. The lowest BCUT2D eigenvalue weighted by Gasteiger charge is -2.23. The first kappa shape index (κ1) is 19.3. The predicted molar refractivity (Wildman–Crippen MR) is 115 cm³/mol. The lowest BCUT2D eigenvalue weighted by Crippen LogP contribution is -2.39. The number of aromatic nitrogens is 3. The zero-order valence-electron chi connectivity index (χ0n) is 17.1. The Kier molecular flexibility index (Phi) is 5.11. The van der Waals surface area contributed by atoms with Gasteiger partial charge in [0.25, 0.3) is 5.91 Å². The molecule has 0 bridgehead atoms. The molecule has 1 fully saturated rings. The number of amides is 3. The number of nitrogens with zero attached hydrogens (tertiary/aromatic N) is 3. The fourth-order valence-electron chi connectivity index (χ4n) is 4.28. The minimum Gasteiger partial charge on any atom is -0.352 e. The van der Waals surface area contributed by atoms with Gasteiger partial charge in [-0.05, 0) is 36.5 Å². The van der Waals surface area contributed by atoms with Gasteiger partial charge in [-0.2, -0.15) is 5.10 Å². The second kappa shape index (κ2) is 8.22. The molecule has 0 saturated carbocycles. The maximum atomic E-state index is 12.9. The molecule has 5 rings (SSSR count). The average molecular weight is 416 g/mol. The smallest absolute Gasteiger partial charge is 0.318 e. The van der Waals surface area contributed by atoms with Gasteiger partial charge in [-0.1, -0.05) is 42.5 Å². The number of hydrogen-bond donors (Lipinski definition) is 3. The SMILES string of the molecule is O=C1NCCc2ccc(CNC(=O)N3CCCC3c3nc(-c4ccccc4)n[nH]3)cc21. The molecule has 0 spiro atoms. The van der Waals surface area contributed by atoms with Crippen molar-refractivity contribution in [2.75, 3.05) is 13.1 Å². The Balaban J connectivity index is 1.26. The molecule has 3 N–H and O–H groups in total. The van der Waals surface area contributed by atoms with Crippen LogP contribution in [0.4, 0.5) is 4.79 Å². The summed E-state index contributed by atoms with van der Waals surface area (Å²) >= 11 is 0. The third-order valence-corrected chi connectivity index (χ3v) is 5.91. The number of carbonyl (C=O) groups excluding carboxylic acids is 2. The topological polar surface area (TPSA) is 103 Å². The monoisotopic (exact) mass is 416 g/mol. The van der Waals surface area contributed by atoms with E-state index in [9.17, 15) is 9.59 Å². The number of carbonyl (C=O) groups is 2. The van der Waals surface area contributed by atoms with Gasteiger partial charge in [0.1, 0.15) is 5.82 Å². The van der Waals surface area contributed by atoms with Crippen molar-refractivity contribution in [2.24, 2.45) is 0 Å². The molecule has 2 aliphatic heterocycles. The van der Waals surface area contributed by atoms with Gasteiger partial charge in [0.15, 0.2) is 5.82 Å². The van der Waals surface area contributed by atoms with Crippen LogP contribution < -0.4 is 10.6 Å². The van der Waals surface area contributed by atoms with Crippen LogP contribution in [-0.4, -0.2) is 45.1 Å². The van der Waals surface area contributed by atoms with Crippen molar-refractivity contribution in [1.82, 2.24) is 30.7 Å². The maximum absolute atomic E-state index is 12.9. The number of rotatable bonds is 4. The van der Waals surface area contributed by atoms with Crippen molar-refractivity contribution in [2.45, 2.75) is 31.8 Å². The van der Waals surface area contributed by atoms with Crippen LogP contribution in [0, 0.1) is 0 Å². The lowest BCUT2D eigenvalue weighted by atomic mass is 9.98. The molecule has 1 atom stereocenters. The first-order chi connectivity index (χ1) is 15.2. The summed E-state index contributed by atoms with van der Waals surface area (Å²) in [5, 5.41) is 13.2. The summed E-state index contributed by atoms with van der Waals surface area (Å²) in [5.74, 6) is 1.29. The number of urea groups is 1. The normalized spacial score (nSPS) is 17.9. The second-order valence-electron chi connectivity index (χ2n) is 7.92. The van der Waals surface area contributed by atoms with Crippen molar-refractivity contribution in [3.05, 3.63) is 71.0 Å². The summed E-state index contributed by atoms with van der Waals surface area (Å²) in [4.78, 5) is 31.4. The third kappa shape index (κ3) is 3.88. The van der Waals surface area contributed by atoms with Crippen LogP contribution in [0.3, 0.4) is 0 Å². The second-order valence-corrected chi connectivity index (χ2v) is 7.92. The van der Waals surface area contributed by atoms with E-state index in [0.717, 1.165) is 36.0 Å². The summed E-state index contributed by atoms with van der Waals surface area (Å²) < 4.78 is 0. The molecule has 1 unspecified atom stereocenters. The number of likely N-dealkylation sites (tertiary alicyclic amines) is 1. The Bertz CT molecular complexity index is 1110. The fourth-order valence-corrected chi connectivity index (χ4v) is 4.28. The highest BCUT2D eigenvalue weighted by Gasteiger charge is 2.32. The van der Waals surface area contributed by atoms with Crippen LogP contribution in [-0.2, 0) is 13.0 Å². The Morgan fingerprint density at radius 1 is 1.19 bits per heavy atom. The molecule has 1 saturated heterocycles. The van der Waals surface area contributed by atoms with E-state index in [2.05, 4.69) is 25.8 Å². The van der Waals surface area contributed by atoms with Crippen LogP contribution in [0.15, 0.2) is 48.5 Å². The highest BCUT2D eigenvalue weighted by atomic mass is 16.2. The van der Waals surface area contributed by atoms with E-state index in [1.165, 1.54) is 0 Å². The molecular weight excluding hydrogens is 392 g/mol. The fraction of sp³-hybridized carbons (Fsp3) is 0.304. The molecule has 3 aromatic rings. The zero-order valence-corrected chi connectivity index (χ0v) is 17.1. The zero-order chi connectivity index (χ0) is 21.2. The predicted octanol–water partition coefficient (Wildman–Crippen LogP) is 2.80. The Morgan fingerprint density at radius 3 is 2.94 bits per heavy atom. The standard InChI is InChI=1S/C23H24N6O2/c30-22-18-13-15(8-9-16(18)10-11-24-22)14-25-23(31)29-12-4-7-19(29)21-26-20(27-28-21)17-5-2-1-3-6-17/h1-3,5-6,8-9,13,19H,4,7,10-12,14H2,(H,24,30)(H,25,31)(H,26,27,28). The number of hydrogen-bond acceptors (Lipinski definition) is 4. The van der Waals surface area contributed by atoms with E-state index in [1.807, 2.05) is 48.5 Å². The molecule has 2 aliphatic rings. The van der Waals surface area contributed by atoms with Gasteiger partial charge < -0.3 is 15.5 Å². The highest BCUT2D eigenvalue weighted by Crippen LogP contribution is 2.30. The summed E-state index contributed by atoms with van der Waals surface area (Å²) in [6.07, 6.45) is 2.60. The number of benzene rings is 2. The number of fused-ring (bicyclic) bond motifs is 1. The van der Waals surface area contributed by atoms with Crippen molar-refractivity contribution >= 4 is 11.9 Å². The highest BCUT2D eigenvalue weighted by molar-refractivity contribution is 5.96. The van der Waals surface area contributed by atoms with Gasteiger partial charge >= 0.3 is 6.03 Å². The third-order valence-electron chi connectivity index (χ3n) is 5.91. The van der Waals surface area contributed by atoms with Gasteiger partial charge in [-0.25, -0.2) is 9.78 Å². The van der Waals surface area contributed by atoms with Crippen LogP contribution in [0.5, 0.6) is 0 Å². The maximum Gasteiger partial charge on any atom is 0.318 e. The summed E-state index contributed by atoms with van der Waals surface area (Å²) in [5.41, 5.74) is 3.60. The van der Waals surface area contributed by atoms with Crippen LogP contribution >= 0.6 is 0 Å². The van der Waals surface area contributed by atoms with Gasteiger partial charge in [-0.15, -0.1) is 0 Å².